The average Bonchev–Trinajstić information content (AvgIpc) is 2.26. The third-order valence-electron chi connectivity index (χ3n) is 2.35. The van der Waals surface area contributed by atoms with Crippen LogP contribution in [0.5, 0.6) is 0 Å². The number of aliphatic hydroxyl groups excluding tert-OH is 1. The molecule has 2 nitrogen and oxygen atoms in total. The summed E-state index contributed by atoms with van der Waals surface area (Å²) in [6.07, 6.45) is -1.81. The van der Waals surface area contributed by atoms with E-state index in [1.54, 1.807) is 12.1 Å². The molecule has 1 aromatic carbocycles. The Balaban J connectivity index is 2.63. The fraction of sp³-hybridized carbons (Fsp3) is 0.455. The van der Waals surface area contributed by atoms with E-state index < -0.39 is 6.43 Å². The minimum Gasteiger partial charge on any atom is -0.396 e. The van der Waals surface area contributed by atoms with Crippen molar-refractivity contribution in [2.45, 2.75) is 12.8 Å². The largest absolute Gasteiger partial charge is 0.396 e. The van der Waals surface area contributed by atoms with Crippen molar-refractivity contribution in [3.05, 3.63) is 35.4 Å². The molecule has 0 aromatic heterocycles. The van der Waals surface area contributed by atoms with Crippen LogP contribution in [-0.2, 0) is 6.42 Å². The van der Waals surface area contributed by atoms with E-state index in [2.05, 4.69) is 0 Å². The second-order valence-electron chi connectivity index (χ2n) is 3.53. The van der Waals surface area contributed by atoms with Crippen LogP contribution in [-0.4, -0.2) is 18.3 Å². The van der Waals surface area contributed by atoms with Gasteiger partial charge >= 0.3 is 0 Å². The first kappa shape index (κ1) is 12.1. The van der Waals surface area contributed by atoms with Crippen molar-refractivity contribution in [1.29, 1.82) is 0 Å². The molecule has 0 saturated carbocycles. The standard InChI is InChI=1S/C11H15F2NO/c12-11(13)10-3-1-8(2-4-10)5-9(6-14)7-15/h1-4,9,11,15H,5-7,14H2. The summed E-state index contributed by atoms with van der Waals surface area (Å²) in [5.41, 5.74) is 6.37. The Bertz CT molecular complexity index is 283. The van der Waals surface area contributed by atoms with Crippen LogP contribution in [0.2, 0.25) is 0 Å². The van der Waals surface area contributed by atoms with E-state index in [4.69, 9.17) is 10.8 Å². The summed E-state index contributed by atoms with van der Waals surface area (Å²) in [5.74, 6) is 0.00222. The summed E-state index contributed by atoms with van der Waals surface area (Å²) in [4.78, 5) is 0. The van der Waals surface area contributed by atoms with Gasteiger partial charge in [0.15, 0.2) is 0 Å². The first-order valence-electron chi connectivity index (χ1n) is 4.85. The summed E-state index contributed by atoms with van der Waals surface area (Å²) in [6.45, 7) is 0.417. The Morgan fingerprint density at radius 1 is 1.20 bits per heavy atom. The Hall–Kier alpha value is -1.00. The van der Waals surface area contributed by atoms with Crippen molar-refractivity contribution in [3.8, 4) is 0 Å². The smallest absolute Gasteiger partial charge is 0.263 e. The lowest BCUT2D eigenvalue weighted by atomic mass is 9.99. The van der Waals surface area contributed by atoms with Gasteiger partial charge in [-0.3, -0.25) is 0 Å². The molecule has 15 heavy (non-hydrogen) atoms. The summed E-state index contributed by atoms with van der Waals surface area (Å²) in [5, 5.41) is 8.93. The molecule has 0 radical (unpaired) electrons. The van der Waals surface area contributed by atoms with Gasteiger partial charge in [0.1, 0.15) is 0 Å². The van der Waals surface area contributed by atoms with Gasteiger partial charge in [0.2, 0.25) is 0 Å². The molecule has 3 N–H and O–H groups in total. The van der Waals surface area contributed by atoms with Gasteiger partial charge < -0.3 is 10.8 Å². The van der Waals surface area contributed by atoms with Crippen molar-refractivity contribution in [2.75, 3.05) is 13.2 Å². The highest BCUT2D eigenvalue weighted by molar-refractivity contribution is 5.23. The van der Waals surface area contributed by atoms with Gasteiger partial charge in [0.05, 0.1) is 0 Å². The zero-order valence-electron chi connectivity index (χ0n) is 8.37. The van der Waals surface area contributed by atoms with Crippen LogP contribution >= 0.6 is 0 Å². The number of halogens is 2. The van der Waals surface area contributed by atoms with E-state index in [-0.39, 0.29) is 18.1 Å². The highest BCUT2D eigenvalue weighted by Crippen LogP contribution is 2.19. The van der Waals surface area contributed by atoms with Crippen LogP contribution in [0.15, 0.2) is 24.3 Å². The SMILES string of the molecule is NCC(CO)Cc1ccc(C(F)F)cc1. The molecule has 0 aliphatic rings. The number of rotatable bonds is 5. The molecule has 0 bridgehead atoms. The maximum atomic E-state index is 12.2. The third kappa shape index (κ3) is 3.57. The molecular formula is C11H15F2NO. The van der Waals surface area contributed by atoms with Crippen molar-refractivity contribution in [1.82, 2.24) is 0 Å². The fourth-order valence-electron chi connectivity index (χ4n) is 1.35. The highest BCUT2D eigenvalue weighted by atomic mass is 19.3. The topological polar surface area (TPSA) is 46.2 Å². The minimum absolute atomic E-state index is 0.00222. The van der Waals surface area contributed by atoms with Gasteiger partial charge in [-0.1, -0.05) is 24.3 Å². The zero-order valence-corrected chi connectivity index (χ0v) is 8.37. The molecule has 0 aliphatic carbocycles. The molecule has 0 amide bonds. The quantitative estimate of drug-likeness (QED) is 0.785. The molecule has 1 atom stereocenters. The highest BCUT2D eigenvalue weighted by Gasteiger charge is 2.08. The van der Waals surface area contributed by atoms with Crippen LogP contribution in [0.25, 0.3) is 0 Å². The summed E-state index contributed by atoms with van der Waals surface area (Å²) in [6, 6.07) is 6.12. The molecule has 1 rings (SSSR count). The van der Waals surface area contributed by atoms with Crippen molar-refractivity contribution < 1.29 is 13.9 Å². The molecule has 0 fully saturated rings. The summed E-state index contributed by atoms with van der Waals surface area (Å²) < 4.78 is 24.5. The van der Waals surface area contributed by atoms with Crippen LogP contribution in [0.3, 0.4) is 0 Å². The van der Waals surface area contributed by atoms with E-state index in [9.17, 15) is 8.78 Å². The lowest BCUT2D eigenvalue weighted by Gasteiger charge is -2.11. The molecule has 0 heterocycles. The van der Waals surface area contributed by atoms with Crippen LogP contribution in [0.4, 0.5) is 8.78 Å². The number of alkyl halides is 2. The van der Waals surface area contributed by atoms with Crippen molar-refractivity contribution in [2.24, 2.45) is 11.7 Å². The Kier molecular flexibility index (Phi) is 4.65. The first-order valence-corrected chi connectivity index (χ1v) is 4.85. The normalized spacial score (nSPS) is 13.1. The predicted molar refractivity (Wildman–Crippen MR) is 54.7 cm³/mol. The fourth-order valence-corrected chi connectivity index (χ4v) is 1.35. The van der Waals surface area contributed by atoms with Gasteiger partial charge in [-0.05, 0) is 24.4 Å². The lowest BCUT2D eigenvalue weighted by molar-refractivity contribution is 0.151. The summed E-state index contributed by atoms with van der Waals surface area (Å²) in [7, 11) is 0. The van der Waals surface area contributed by atoms with Crippen LogP contribution in [0, 0.1) is 5.92 Å². The van der Waals surface area contributed by atoms with Gasteiger partial charge in [-0.15, -0.1) is 0 Å². The molecule has 0 spiro atoms. The lowest BCUT2D eigenvalue weighted by Crippen LogP contribution is -2.20. The van der Waals surface area contributed by atoms with Crippen LogP contribution in [0.1, 0.15) is 17.6 Å². The van der Waals surface area contributed by atoms with Gasteiger partial charge in [-0.2, -0.15) is 0 Å². The van der Waals surface area contributed by atoms with E-state index in [0.29, 0.717) is 13.0 Å². The minimum atomic E-state index is -2.43. The van der Waals surface area contributed by atoms with E-state index >= 15 is 0 Å². The number of aliphatic hydroxyl groups is 1. The average molecular weight is 215 g/mol. The Morgan fingerprint density at radius 3 is 2.20 bits per heavy atom. The first-order chi connectivity index (χ1) is 7.17. The monoisotopic (exact) mass is 215 g/mol. The Morgan fingerprint density at radius 2 is 1.80 bits per heavy atom. The van der Waals surface area contributed by atoms with Gasteiger partial charge in [-0.25, -0.2) is 8.78 Å². The second-order valence-corrected chi connectivity index (χ2v) is 3.53. The maximum absolute atomic E-state index is 12.2. The molecule has 0 aliphatic heterocycles. The zero-order chi connectivity index (χ0) is 11.3. The summed E-state index contributed by atoms with van der Waals surface area (Å²) >= 11 is 0. The van der Waals surface area contributed by atoms with Gasteiger partial charge in [0.25, 0.3) is 6.43 Å². The number of benzene rings is 1. The predicted octanol–water partition coefficient (Wildman–Crippen LogP) is 1.73. The molecule has 0 saturated heterocycles. The van der Waals surface area contributed by atoms with E-state index in [1.165, 1.54) is 12.1 Å². The Labute approximate surface area is 87.7 Å². The third-order valence-corrected chi connectivity index (χ3v) is 2.35. The number of hydrogen-bond donors (Lipinski definition) is 2. The second kappa shape index (κ2) is 5.78. The van der Waals surface area contributed by atoms with Crippen molar-refractivity contribution >= 4 is 0 Å². The van der Waals surface area contributed by atoms with Gasteiger partial charge in [0, 0.05) is 12.2 Å². The van der Waals surface area contributed by atoms with E-state index in [1.807, 2.05) is 0 Å². The molecule has 1 aromatic rings. The molecule has 84 valence electrons. The van der Waals surface area contributed by atoms with Crippen molar-refractivity contribution in [3.63, 3.8) is 0 Å². The van der Waals surface area contributed by atoms with E-state index in [0.717, 1.165) is 5.56 Å². The maximum Gasteiger partial charge on any atom is 0.263 e. The molecule has 1 unspecified atom stereocenters. The molecule has 4 heteroatoms. The van der Waals surface area contributed by atoms with Crippen LogP contribution < -0.4 is 5.73 Å². The number of hydrogen-bond acceptors (Lipinski definition) is 2. The number of nitrogens with two attached hydrogens (primary N) is 1. The molecular weight excluding hydrogens is 200 g/mol.